The van der Waals surface area contributed by atoms with Crippen LogP contribution in [-0.4, -0.2) is 6.04 Å². The average Bonchev–Trinajstić information content (AvgIpc) is 2.62. The summed E-state index contributed by atoms with van der Waals surface area (Å²) in [7, 11) is 0. The van der Waals surface area contributed by atoms with Crippen LogP contribution >= 0.6 is 0 Å². The maximum atomic E-state index is 3.80. The third-order valence-electron chi connectivity index (χ3n) is 5.21. The Bertz CT molecular complexity index is 872. The second-order valence-electron chi connectivity index (χ2n) is 6.64. The van der Waals surface area contributed by atoms with Crippen LogP contribution in [-0.2, 0) is 0 Å². The van der Waals surface area contributed by atoms with Gasteiger partial charge in [0, 0.05) is 11.7 Å². The van der Waals surface area contributed by atoms with Gasteiger partial charge in [-0.05, 0) is 52.8 Å². The van der Waals surface area contributed by atoms with Gasteiger partial charge in [-0.15, -0.1) is 0 Å². The molecule has 23 heavy (non-hydrogen) atoms. The monoisotopic (exact) mass is 300 g/mol. The van der Waals surface area contributed by atoms with Crippen molar-refractivity contribution in [3.63, 3.8) is 0 Å². The van der Waals surface area contributed by atoms with Crippen molar-refractivity contribution in [3.8, 4) is 0 Å². The first-order valence-corrected chi connectivity index (χ1v) is 8.50. The van der Waals surface area contributed by atoms with E-state index < -0.39 is 0 Å². The number of hydrogen-bond donors (Lipinski definition) is 2. The minimum Gasteiger partial charge on any atom is -0.366 e. The van der Waals surface area contributed by atoms with E-state index in [1.165, 1.54) is 39.6 Å². The molecule has 2 atom stereocenters. The first-order chi connectivity index (χ1) is 11.4. The number of nitrogens with one attached hydrogen (secondary N) is 2. The highest BCUT2D eigenvalue weighted by molar-refractivity contribution is 5.83. The van der Waals surface area contributed by atoms with Gasteiger partial charge >= 0.3 is 0 Å². The van der Waals surface area contributed by atoms with E-state index in [-0.39, 0.29) is 6.17 Å². The predicted molar refractivity (Wildman–Crippen MR) is 94.8 cm³/mol. The molecule has 3 aliphatic rings. The van der Waals surface area contributed by atoms with Crippen molar-refractivity contribution in [2.45, 2.75) is 31.5 Å². The average molecular weight is 300 g/mol. The van der Waals surface area contributed by atoms with Gasteiger partial charge in [-0.3, -0.25) is 5.32 Å². The summed E-state index contributed by atoms with van der Waals surface area (Å²) in [6.07, 6.45) is 10.6. The molecule has 1 aliphatic heterocycles. The van der Waals surface area contributed by atoms with E-state index in [0.29, 0.717) is 6.04 Å². The molecular formula is C21H20N2. The highest BCUT2D eigenvalue weighted by Gasteiger charge is 2.32. The van der Waals surface area contributed by atoms with Gasteiger partial charge in [0.2, 0.25) is 0 Å². The van der Waals surface area contributed by atoms with E-state index in [2.05, 4.69) is 71.3 Å². The zero-order valence-electron chi connectivity index (χ0n) is 13.0. The lowest BCUT2D eigenvalue weighted by atomic mass is 9.82. The van der Waals surface area contributed by atoms with Crippen molar-refractivity contribution >= 4 is 10.8 Å². The Balaban J connectivity index is 1.53. The fraction of sp³-hybridized carbons (Fsp3) is 0.238. The Hall–Kier alpha value is -2.32. The highest BCUT2D eigenvalue weighted by atomic mass is 15.2. The molecule has 2 aromatic rings. The number of fused-ring (bicyclic) bond motifs is 1. The topological polar surface area (TPSA) is 24.1 Å². The van der Waals surface area contributed by atoms with Gasteiger partial charge in [0.25, 0.3) is 0 Å². The molecule has 0 radical (unpaired) electrons. The number of rotatable bonds is 1. The molecule has 1 fully saturated rings. The minimum absolute atomic E-state index is 0.186. The fourth-order valence-electron chi connectivity index (χ4n) is 4.09. The molecule has 1 saturated heterocycles. The van der Waals surface area contributed by atoms with Crippen LogP contribution in [0.15, 0.2) is 77.5 Å². The van der Waals surface area contributed by atoms with Crippen molar-refractivity contribution < 1.29 is 0 Å². The second-order valence-corrected chi connectivity index (χ2v) is 6.64. The van der Waals surface area contributed by atoms with Crippen molar-refractivity contribution in [2.24, 2.45) is 0 Å². The summed E-state index contributed by atoms with van der Waals surface area (Å²) in [6, 6.07) is 15.8. The Morgan fingerprint density at radius 2 is 1.91 bits per heavy atom. The third kappa shape index (κ3) is 2.13. The molecule has 114 valence electrons. The quantitative estimate of drug-likeness (QED) is 0.819. The molecule has 0 saturated carbocycles. The van der Waals surface area contributed by atoms with Crippen LogP contribution in [0.25, 0.3) is 10.8 Å². The van der Waals surface area contributed by atoms with Gasteiger partial charge in [-0.2, -0.15) is 0 Å². The standard InChI is InChI=1S/C21H20N2/c1-2-6-16-13-17(12-11-14(16)5-1)21-22-18-9-3-7-15-8-4-10-19(23-21)20(15)18/h1-3,5-7,10-13,18,21-23H,4,8-9H2. The van der Waals surface area contributed by atoms with Crippen LogP contribution in [0.2, 0.25) is 0 Å². The van der Waals surface area contributed by atoms with Crippen molar-refractivity contribution in [3.05, 3.63) is 83.1 Å². The van der Waals surface area contributed by atoms with Crippen molar-refractivity contribution in [2.75, 3.05) is 0 Å². The van der Waals surface area contributed by atoms with Crippen LogP contribution in [0.4, 0.5) is 0 Å². The molecule has 2 aliphatic carbocycles. The van der Waals surface area contributed by atoms with Gasteiger partial charge in [-0.25, -0.2) is 0 Å². The molecule has 1 heterocycles. The van der Waals surface area contributed by atoms with Crippen LogP contribution in [0.5, 0.6) is 0 Å². The Morgan fingerprint density at radius 1 is 1.00 bits per heavy atom. The number of benzene rings is 2. The molecule has 2 N–H and O–H groups in total. The van der Waals surface area contributed by atoms with Gasteiger partial charge in [0.15, 0.2) is 0 Å². The Morgan fingerprint density at radius 3 is 2.87 bits per heavy atom. The highest BCUT2D eigenvalue weighted by Crippen LogP contribution is 2.36. The van der Waals surface area contributed by atoms with Gasteiger partial charge in [0.1, 0.15) is 6.17 Å². The summed E-state index contributed by atoms with van der Waals surface area (Å²) < 4.78 is 0. The summed E-state index contributed by atoms with van der Waals surface area (Å²) in [4.78, 5) is 0. The number of hydrogen-bond acceptors (Lipinski definition) is 2. The Kier molecular flexibility index (Phi) is 2.92. The normalized spacial score (nSPS) is 25.8. The van der Waals surface area contributed by atoms with Gasteiger partial charge in [0.05, 0.1) is 0 Å². The largest absolute Gasteiger partial charge is 0.366 e. The lowest BCUT2D eigenvalue weighted by Gasteiger charge is -2.40. The zero-order valence-corrected chi connectivity index (χ0v) is 13.0. The molecular weight excluding hydrogens is 280 g/mol. The van der Waals surface area contributed by atoms with E-state index in [1.54, 1.807) is 0 Å². The summed E-state index contributed by atoms with van der Waals surface area (Å²) in [6.45, 7) is 0. The molecule has 2 unspecified atom stereocenters. The minimum atomic E-state index is 0.186. The van der Waals surface area contributed by atoms with E-state index >= 15 is 0 Å². The molecule has 2 heteroatoms. The maximum Gasteiger partial charge on any atom is 0.104 e. The van der Waals surface area contributed by atoms with Crippen LogP contribution in [0, 0.1) is 0 Å². The number of allylic oxidation sites excluding steroid dienone is 3. The molecule has 2 aromatic carbocycles. The first kappa shape index (κ1) is 13.1. The van der Waals surface area contributed by atoms with Crippen LogP contribution < -0.4 is 10.6 Å². The van der Waals surface area contributed by atoms with E-state index in [1.807, 2.05) is 0 Å². The first-order valence-electron chi connectivity index (χ1n) is 8.50. The third-order valence-corrected chi connectivity index (χ3v) is 5.21. The van der Waals surface area contributed by atoms with Gasteiger partial charge < -0.3 is 5.32 Å². The summed E-state index contributed by atoms with van der Waals surface area (Å²) in [5.41, 5.74) is 5.66. The maximum absolute atomic E-state index is 3.80. The van der Waals surface area contributed by atoms with Crippen LogP contribution in [0.3, 0.4) is 0 Å². The SMILES string of the molecule is C1=CC2=C3C(=CCC2)NC(c2ccc4ccccc4c2)NC3C1. The smallest absolute Gasteiger partial charge is 0.104 e. The lowest BCUT2D eigenvalue weighted by Crippen LogP contribution is -2.49. The molecule has 0 spiro atoms. The van der Waals surface area contributed by atoms with Crippen molar-refractivity contribution in [1.29, 1.82) is 0 Å². The van der Waals surface area contributed by atoms with E-state index in [4.69, 9.17) is 0 Å². The summed E-state index contributed by atoms with van der Waals surface area (Å²) >= 11 is 0. The second kappa shape index (κ2) is 5.10. The van der Waals surface area contributed by atoms with Crippen LogP contribution in [0.1, 0.15) is 31.0 Å². The molecule has 0 amide bonds. The molecule has 0 bridgehead atoms. The fourth-order valence-corrected chi connectivity index (χ4v) is 4.09. The van der Waals surface area contributed by atoms with E-state index in [0.717, 1.165) is 12.8 Å². The summed E-state index contributed by atoms with van der Waals surface area (Å²) in [5.74, 6) is 0. The molecule has 2 nitrogen and oxygen atoms in total. The van der Waals surface area contributed by atoms with E-state index in [9.17, 15) is 0 Å². The predicted octanol–water partition coefficient (Wildman–Crippen LogP) is 4.33. The van der Waals surface area contributed by atoms with Gasteiger partial charge in [-0.1, -0.05) is 54.6 Å². The lowest BCUT2D eigenvalue weighted by molar-refractivity contribution is 0.387. The van der Waals surface area contributed by atoms with Crippen molar-refractivity contribution in [1.82, 2.24) is 10.6 Å². The molecule has 5 rings (SSSR count). The summed E-state index contributed by atoms with van der Waals surface area (Å²) in [5, 5.41) is 10.1. The molecule has 0 aromatic heterocycles. The zero-order chi connectivity index (χ0) is 15.2. The Labute approximate surface area is 136 Å².